The molecule has 0 spiro atoms. The van der Waals surface area contributed by atoms with E-state index in [4.69, 9.17) is 10.2 Å². The lowest BCUT2D eigenvalue weighted by molar-refractivity contribution is -0.141. The summed E-state index contributed by atoms with van der Waals surface area (Å²) in [6.45, 7) is 0. The fraction of sp³-hybridized carbons (Fsp3) is 0.600. The highest BCUT2D eigenvalue weighted by Crippen LogP contribution is 2.44. The van der Waals surface area contributed by atoms with Crippen LogP contribution in [-0.2, 0) is 9.59 Å². The van der Waals surface area contributed by atoms with Crippen LogP contribution in [0.4, 0.5) is 0 Å². The van der Waals surface area contributed by atoms with Gasteiger partial charge < -0.3 is 10.2 Å². The smallest absolute Gasteiger partial charge is 0.307 e. The molecule has 0 saturated carbocycles. The first-order chi connectivity index (χ1) is 6.58. The number of hydrogen-bond donors (Lipinski definition) is 2. The van der Waals surface area contributed by atoms with Crippen molar-refractivity contribution in [2.24, 2.45) is 11.8 Å². The number of hydrogen-bond acceptors (Lipinski definition) is 2. The van der Waals surface area contributed by atoms with Crippen molar-refractivity contribution < 1.29 is 19.8 Å². The van der Waals surface area contributed by atoms with Crippen LogP contribution in [0.1, 0.15) is 25.7 Å². The molecule has 4 heteroatoms. The molecular weight excluding hydrogens is 184 g/mol. The highest BCUT2D eigenvalue weighted by atomic mass is 16.4. The van der Waals surface area contributed by atoms with Gasteiger partial charge in [-0.25, -0.2) is 0 Å². The van der Waals surface area contributed by atoms with Gasteiger partial charge in [0, 0.05) is 0 Å². The summed E-state index contributed by atoms with van der Waals surface area (Å²) >= 11 is 0. The highest BCUT2D eigenvalue weighted by Gasteiger charge is 2.37. The molecule has 0 aromatic heterocycles. The van der Waals surface area contributed by atoms with Gasteiger partial charge in [0.15, 0.2) is 0 Å². The molecule has 0 heterocycles. The molecule has 2 rings (SSSR count). The Hall–Kier alpha value is -1.32. The Labute approximate surface area is 81.2 Å². The number of allylic oxidation sites excluding steroid dienone is 2. The third-order valence-electron chi connectivity index (χ3n) is 3.17. The van der Waals surface area contributed by atoms with Crippen LogP contribution in [0.15, 0.2) is 11.1 Å². The summed E-state index contributed by atoms with van der Waals surface area (Å²) in [5.74, 6) is -2.11. The fourth-order valence-electron chi connectivity index (χ4n) is 2.43. The molecule has 0 atom stereocenters. The van der Waals surface area contributed by atoms with Crippen LogP contribution >= 0.6 is 0 Å². The van der Waals surface area contributed by atoms with E-state index in [1.807, 2.05) is 0 Å². The predicted octanol–water partition coefficient (Wildman–Crippen LogP) is 1.27. The van der Waals surface area contributed by atoms with Gasteiger partial charge in [0.05, 0.1) is 11.8 Å². The van der Waals surface area contributed by atoms with Gasteiger partial charge in [-0.05, 0) is 25.7 Å². The summed E-state index contributed by atoms with van der Waals surface area (Å²) in [5, 5.41) is 17.6. The Morgan fingerprint density at radius 3 is 1.36 bits per heavy atom. The maximum absolute atomic E-state index is 10.7. The third kappa shape index (κ3) is 1.41. The van der Waals surface area contributed by atoms with Crippen molar-refractivity contribution in [1.29, 1.82) is 0 Å². The maximum Gasteiger partial charge on any atom is 0.307 e. The van der Waals surface area contributed by atoms with E-state index in [1.165, 1.54) is 0 Å². The van der Waals surface area contributed by atoms with Crippen LogP contribution in [-0.4, -0.2) is 22.2 Å². The molecule has 0 fully saturated rings. The first-order valence-electron chi connectivity index (χ1n) is 4.73. The number of carbonyl (C=O) groups is 2. The molecular formula is C10H12O4. The predicted molar refractivity (Wildman–Crippen MR) is 47.7 cm³/mol. The average molecular weight is 196 g/mol. The largest absolute Gasteiger partial charge is 0.481 e. The summed E-state index contributed by atoms with van der Waals surface area (Å²) < 4.78 is 0. The number of carboxylic acid groups (broad SMARTS) is 2. The highest BCUT2D eigenvalue weighted by molar-refractivity contribution is 5.75. The Morgan fingerprint density at radius 2 is 1.14 bits per heavy atom. The quantitative estimate of drug-likeness (QED) is 0.652. The summed E-state index contributed by atoms with van der Waals surface area (Å²) in [4.78, 5) is 21.4. The monoisotopic (exact) mass is 196 g/mol. The molecule has 0 aromatic carbocycles. The first-order valence-corrected chi connectivity index (χ1v) is 4.73. The zero-order valence-electron chi connectivity index (χ0n) is 7.69. The minimum Gasteiger partial charge on any atom is -0.481 e. The van der Waals surface area contributed by atoms with Gasteiger partial charge >= 0.3 is 11.9 Å². The molecule has 0 bridgehead atoms. The third-order valence-corrected chi connectivity index (χ3v) is 3.17. The van der Waals surface area contributed by atoms with Crippen molar-refractivity contribution in [3.8, 4) is 0 Å². The van der Waals surface area contributed by atoms with Crippen molar-refractivity contribution in [3.05, 3.63) is 11.1 Å². The van der Waals surface area contributed by atoms with Crippen molar-refractivity contribution in [3.63, 3.8) is 0 Å². The second kappa shape index (κ2) is 3.12. The molecule has 2 aliphatic rings. The molecule has 0 aromatic rings. The van der Waals surface area contributed by atoms with Gasteiger partial charge in [0.25, 0.3) is 0 Å². The molecule has 0 radical (unpaired) electrons. The van der Waals surface area contributed by atoms with Crippen LogP contribution in [0, 0.1) is 11.8 Å². The lowest BCUT2D eigenvalue weighted by Gasteiger charge is -2.09. The lowest BCUT2D eigenvalue weighted by Crippen LogP contribution is -2.15. The summed E-state index contributed by atoms with van der Waals surface area (Å²) in [6, 6.07) is 0. The molecule has 0 saturated heterocycles. The van der Waals surface area contributed by atoms with Gasteiger partial charge in [0.2, 0.25) is 0 Å². The normalized spacial score (nSPS) is 22.9. The van der Waals surface area contributed by atoms with Crippen molar-refractivity contribution >= 4 is 11.9 Å². The second-order valence-electron chi connectivity index (χ2n) is 4.09. The average Bonchev–Trinajstić information content (AvgIpc) is 2.57. The van der Waals surface area contributed by atoms with Gasteiger partial charge in [-0.15, -0.1) is 0 Å². The van der Waals surface area contributed by atoms with Crippen LogP contribution < -0.4 is 0 Å². The minimum absolute atomic E-state index is 0.297. The molecule has 14 heavy (non-hydrogen) atoms. The zero-order valence-corrected chi connectivity index (χ0v) is 7.69. The van der Waals surface area contributed by atoms with E-state index in [-0.39, 0.29) is 11.8 Å². The van der Waals surface area contributed by atoms with E-state index < -0.39 is 11.9 Å². The molecule has 2 aliphatic carbocycles. The van der Waals surface area contributed by atoms with Gasteiger partial charge in [0.1, 0.15) is 0 Å². The van der Waals surface area contributed by atoms with E-state index in [1.54, 1.807) is 0 Å². The molecule has 76 valence electrons. The van der Waals surface area contributed by atoms with E-state index in [0.29, 0.717) is 25.7 Å². The van der Waals surface area contributed by atoms with E-state index in [0.717, 1.165) is 11.1 Å². The van der Waals surface area contributed by atoms with E-state index in [2.05, 4.69) is 0 Å². The molecule has 0 unspecified atom stereocenters. The second-order valence-corrected chi connectivity index (χ2v) is 4.09. The summed E-state index contributed by atoms with van der Waals surface area (Å²) in [6.07, 6.45) is 2.26. The first kappa shape index (κ1) is 9.24. The van der Waals surface area contributed by atoms with Gasteiger partial charge in [-0.3, -0.25) is 9.59 Å². The zero-order chi connectivity index (χ0) is 10.3. The topological polar surface area (TPSA) is 74.6 Å². The SMILES string of the molecule is O=C(O)C1CC2=C(C1)CC(C(=O)O)C2. The van der Waals surface area contributed by atoms with Crippen LogP contribution in [0.2, 0.25) is 0 Å². The summed E-state index contributed by atoms with van der Waals surface area (Å²) in [5.41, 5.74) is 2.18. The Balaban J connectivity index is 2.00. The van der Waals surface area contributed by atoms with E-state index >= 15 is 0 Å². The standard InChI is InChI=1S/C10H12O4/c11-9(12)7-1-5-2-8(10(13)14)4-6(5)3-7/h7-8H,1-4H2,(H,11,12)(H,13,14). The number of carboxylic acids is 2. The fourth-order valence-corrected chi connectivity index (χ4v) is 2.43. The molecule has 4 nitrogen and oxygen atoms in total. The van der Waals surface area contributed by atoms with E-state index in [9.17, 15) is 9.59 Å². The van der Waals surface area contributed by atoms with Crippen LogP contribution in [0.3, 0.4) is 0 Å². The van der Waals surface area contributed by atoms with Gasteiger partial charge in [-0.1, -0.05) is 11.1 Å². The molecule has 0 amide bonds. The summed E-state index contributed by atoms with van der Waals surface area (Å²) in [7, 11) is 0. The Kier molecular flexibility index (Phi) is 2.06. The van der Waals surface area contributed by atoms with Crippen LogP contribution in [0.25, 0.3) is 0 Å². The van der Waals surface area contributed by atoms with Crippen molar-refractivity contribution in [1.82, 2.24) is 0 Å². The Morgan fingerprint density at radius 1 is 0.857 bits per heavy atom. The lowest BCUT2D eigenvalue weighted by atomic mass is 9.96. The number of aliphatic carboxylic acids is 2. The molecule has 0 aliphatic heterocycles. The number of rotatable bonds is 2. The molecule has 2 N–H and O–H groups in total. The maximum atomic E-state index is 10.7. The van der Waals surface area contributed by atoms with Crippen molar-refractivity contribution in [2.75, 3.05) is 0 Å². The van der Waals surface area contributed by atoms with Crippen LogP contribution in [0.5, 0.6) is 0 Å². The van der Waals surface area contributed by atoms with Crippen molar-refractivity contribution in [2.45, 2.75) is 25.7 Å². The van der Waals surface area contributed by atoms with Gasteiger partial charge in [-0.2, -0.15) is 0 Å². The Bertz CT molecular complexity index is 281. The minimum atomic E-state index is -0.758.